The molecule has 0 fully saturated rings. The first-order chi connectivity index (χ1) is 6.84. The highest BCUT2D eigenvalue weighted by molar-refractivity contribution is 5.92. The fourth-order valence-corrected chi connectivity index (χ4v) is 1.45. The maximum atomic E-state index is 10.9. The topological polar surface area (TPSA) is 42.0 Å². The third kappa shape index (κ3) is 2.19. The first-order valence-electron chi connectivity index (χ1n) is 4.71. The van der Waals surface area contributed by atoms with Gasteiger partial charge in [0, 0.05) is 37.1 Å². The quantitative estimate of drug-likeness (QED) is 0.780. The van der Waals surface area contributed by atoms with E-state index in [0.717, 1.165) is 24.2 Å². The van der Waals surface area contributed by atoms with Gasteiger partial charge in [0.1, 0.15) is 0 Å². The van der Waals surface area contributed by atoms with E-state index in [4.69, 9.17) is 0 Å². The second kappa shape index (κ2) is 4.05. The predicted octanol–water partition coefficient (Wildman–Crippen LogP) is 1.42. The van der Waals surface area contributed by atoms with Gasteiger partial charge in [-0.2, -0.15) is 0 Å². The Morgan fingerprint density at radius 2 is 2.36 bits per heavy atom. The summed E-state index contributed by atoms with van der Waals surface area (Å²) in [4.78, 5) is 15.0. The lowest BCUT2D eigenvalue weighted by Crippen LogP contribution is -2.11. The van der Waals surface area contributed by atoms with E-state index in [1.807, 2.05) is 18.3 Å². The Kier molecular flexibility index (Phi) is 2.58. The van der Waals surface area contributed by atoms with Crippen molar-refractivity contribution in [3.8, 4) is 0 Å². The zero-order valence-electron chi connectivity index (χ0n) is 7.86. The zero-order chi connectivity index (χ0) is 9.80. The Morgan fingerprint density at radius 3 is 3.00 bits per heavy atom. The van der Waals surface area contributed by atoms with E-state index in [0.29, 0.717) is 6.42 Å². The fourth-order valence-electron chi connectivity index (χ4n) is 1.45. The van der Waals surface area contributed by atoms with E-state index in [1.54, 1.807) is 12.3 Å². The Morgan fingerprint density at radius 1 is 1.43 bits per heavy atom. The van der Waals surface area contributed by atoms with Crippen LogP contribution in [-0.4, -0.2) is 10.8 Å². The van der Waals surface area contributed by atoms with E-state index in [1.165, 1.54) is 0 Å². The minimum atomic E-state index is 0.221. The molecule has 0 aliphatic heterocycles. The van der Waals surface area contributed by atoms with Crippen LogP contribution in [0.1, 0.15) is 18.4 Å². The van der Waals surface area contributed by atoms with Gasteiger partial charge < -0.3 is 5.32 Å². The lowest BCUT2D eigenvalue weighted by atomic mass is 10.2. The molecule has 0 radical (unpaired) electrons. The van der Waals surface area contributed by atoms with E-state index >= 15 is 0 Å². The highest BCUT2D eigenvalue weighted by atomic mass is 16.1. The van der Waals surface area contributed by atoms with Gasteiger partial charge in [-0.1, -0.05) is 6.07 Å². The zero-order valence-corrected chi connectivity index (χ0v) is 7.86. The van der Waals surface area contributed by atoms with Crippen LogP contribution in [-0.2, 0) is 11.3 Å². The van der Waals surface area contributed by atoms with Crippen LogP contribution in [0.4, 0.5) is 0 Å². The molecule has 3 heteroatoms. The Bertz CT molecular complexity index is 357. The second-order valence-corrected chi connectivity index (χ2v) is 3.35. The van der Waals surface area contributed by atoms with Gasteiger partial charge in [-0.05, 0) is 18.1 Å². The summed E-state index contributed by atoms with van der Waals surface area (Å²) in [7, 11) is 0. The van der Waals surface area contributed by atoms with E-state index in [2.05, 4.69) is 10.3 Å². The third-order valence-corrected chi connectivity index (χ3v) is 2.22. The molecular weight excluding hydrogens is 176 g/mol. The van der Waals surface area contributed by atoms with Crippen LogP contribution in [0.15, 0.2) is 36.3 Å². The normalized spacial score (nSPS) is 15.4. The maximum absolute atomic E-state index is 10.9. The molecule has 72 valence electrons. The van der Waals surface area contributed by atoms with Crippen LogP contribution >= 0.6 is 0 Å². The third-order valence-electron chi connectivity index (χ3n) is 2.22. The Labute approximate surface area is 82.9 Å². The van der Waals surface area contributed by atoms with Gasteiger partial charge in [-0.25, -0.2) is 0 Å². The Hall–Kier alpha value is -1.64. The lowest BCUT2D eigenvalue weighted by molar-refractivity contribution is -0.114. The average Bonchev–Trinajstić information content (AvgIpc) is 2.63. The standard InChI is InChI=1S/C11H12N2O/c14-11-4-3-10(6-11)13-8-9-2-1-5-12-7-9/h1-2,5-7,13H,3-4,8H2. The summed E-state index contributed by atoms with van der Waals surface area (Å²) in [6.07, 6.45) is 6.76. The summed E-state index contributed by atoms with van der Waals surface area (Å²) in [5.74, 6) is 0.221. The molecule has 3 nitrogen and oxygen atoms in total. The largest absolute Gasteiger partial charge is 0.384 e. The molecule has 14 heavy (non-hydrogen) atoms. The number of hydrogen-bond acceptors (Lipinski definition) is 3. The Balaban J connectivity index is 1.89. The molecule has 1 N–H and O–H groups in total. The van der Waals surface area contributed by atoms with Crippen molar-refractivity contribution in [2.45, 2.75) is 19.4 Å². The van der Waals surface area contributed by atoms with Crippen LogP contribution in [0.5, 0.6) is 0 Å². The number of carbonyl (C=O) groups excluding carboxylic acids is 1. The molecule has 1 aromatic heterocycles. The number of carbonyl (C=O) groups is 1. The molecule has 0 atom stereocenters. The predicted molar refractivity (Wildman–Crippen MR) is 53.4 cm³/mol. The fraction of sp³-hybridized carbons (Fsp3) is 0.273. The minimum Gasteiger partial charge on any atom is -0.384 e. The summed E-state index contributed by atoms with van der Waals surface area (Å²) in [5, 5.41) is 3.23. The molecule has 0 saturated heterocycles. The number of pyridine rings is 1. The van der Waals surface area contributed by atoms with Crippen LogP contribution in [0.3, 0.4) is 0 Å². The van der Waals surface area contributed by atoms with Crippen molar-refractivity contribution in [1.82, 2.24) is 10.3 Å². The summed E-state index contributed by atoms with van der Waals surface area (Å²) >= 11 is 0. The first-order valence-corrected chi connectivity index (χ1v) is 4.71. The smallest absolute Gasteiger partial charge is 0.157 e. The molecule has 1 aromatic rings. The molecule has 2 rings (SSSR count). The average molecular weight is 188 g/mol. The van der Waals surface area contributed by atoms with Gasteiger partial charge in [0.15, 0.2) is 5.78 Å². The van der Waals surface area contributed by atoms with Gasteiger partial charge in [-0.15, -0.1) is 0 Å². The van der Waals surface area contributed by atoms with Crippen molar-refractivity contribution in [3.63, 3.8) is 0 Å². The summed E-state index contributed by atoms with van der Waals surface area (Å²) in [5.41, 5.74) is 2.17. The van der Waals surface area contributed by atoms with Crippen molar-refractivity contribution < 1.29 is 4.79 Å². The molecule has 1 aliphatic rings. The SMILES string of the molecule is O=C1C=C(NCc2cccnc2)CC1. The molecule has 0 amide bonds. The number of rotatable bonds is 3. The van der Waals surface area contributed by atoms with Gasteiger partial charge in [-0.3, -0.25) is 9.78 Å². The number of ketones is 1. The lowest BCUT2D eigenvalue weighted by Gasteiger charge is -2.05. The van der Waals surface area contributed by atoms with E-state index in [-0.39, 0.29) is 5.78 Å². The van der Waals surface area contributed by atoms with E-state index < -0.39 is 0 Å². The first kappa shape index (κ1) is 8.94. The number of allylic oxidation sites excluding steroid dienone is 2. The van der Waals surface area contributed by atoms with Crippen LogP contribution in [0.25, 0.3) is 0 Å². The summed E-state index contributed by atoms with van der Waals surface area (Å²) < 4.78 is 0. The number of nitrogens with zero attached hydrogens (tertiary/aromatic N) is 1. The molecule has 0 saturated carbocycles. The monoisotopic (exact) mass is 188 g/mol. The van der Waals surface area contributed by atoms with Crippen molar-refractivity contribution in [3.05, 3.63) is 41.9 Å². The van der Waals surface area contributed by atoms with Crippen LogP contribution in [0, 0.1) is 0 Å². The van der Waals surface area contributed by atoms with Crippen LogP contribution in [0.2, 0.25) is 0 Å². The van der Waals surface area contributed by atoms with E-state index in [9.17, 15) is 4.79 Å². The van der Waals surface area contributed by atoms with Gasteiger partial charge >= 0.3 is 0 Å². The molecule has 1 aliphatic carbocycles. The highest BCUT2D eigenvalue weighted by Crippen LogP contribution is 2.12. The molecule has 0 aromatic carbocycles. The molecule has 0 bridgehead atoms. The van der Waals surface area contributed by atoms with Crippen molar-refractivity contribution in [2.24, 2.45) is 0 Å². The number of aromatic nitrogens is 1. The van der Waals surface area contributed by atoms with Gasteiger partial charge in [0.2, 0.25) is 0 Å². The summed E-state index contributed by atoms with van der Waals surface area (Å²) in [6, 6.07) is 3.92. The van der Waals surface area contributed by atoms with Crippen molar-refractivity contribution >= 4 is 5.78 Å². The van der Waals surface area contributed by atoms with Crippen LogP contribution < -0.4 is 5.32 Å². The molecule has 0 spiro atoms. The van der Waals surface area contributed by atoms with Crippen molar-refractivity contribution in [2.75, 3.05) is 0 Å². The van der Waals surface area contributed by atoms with Gasteiger partial charge in [0.25, 0.3) is 0 Å². The second-order valence-electron chi connectivity index (χ2n) is 3.35. The molecule has 1 heterocycles. The molecule has 0 unspecified atom stereocenters. The van der Waals surface area contributed by atoms with Crippen molar-refractivity contribution in [1.29, 1.82) is 0 Å². The minimum absolute atomic E-state index is 0.221. The highest BCUT2D eigenvalue weighted by Gasteiger charge is 2.10. The van der Waals surface area contributed by atoms with Gasteiger partial charge in [0.05, 0.1) is 0 Å². The maximum Gasteiger partial charge on any atom is 0.157 e. The number of hydrogen-bond donors (Lipinski definition) is 1. The summed E-state index contributed by atoms with van der Waals surface area (Å²) in [6.45, 7) is 0.743. The molecular formula is C11H12N2O. The number of nitrogens with one attached hydrogen (secondary N) is 1.